The smallest absolute Gasteiger partial charge is 0.232 e. The second-order valence-corrected chi connectivity index (χ2v) is 6.80. The first-order valence-corrected chi connectivity index (χ1v) is 8.68. The molecule has 1 aromatic rings. The highest BCUT2D eigenvalue weighted by Crippen LogP contribution is 2.20. The van der Waals surface area contributed by atoms with Crippen molar-refractivity contribution in [2.24, 2.45) is 0 Å². The van der Waals surface area contributed by atoms with Gasteiger partial charge in [0.15, 0.2) is 0 Å². The molecule has 120 valence electrons. The summed E-state index contributed by atoms with van der Waals surface area (Å²) in [4.78, 5) is 0. The maximum atomic E-state index is 13.6. The SMILES string of the molecule is CCCNCCCCS(=O)(=O)Nc1cc(F)c(C)cc1F. The van der Waals surface area contributed by atoms with Gasteiger partial charge in [0.1, 0.15) is 11.6 Å². The molecule has 1 rings (SSSR count). The fourth-order valence-electron chi connectivity index (χ4n) is 1.79. The summed E-state index contributed by atoms with van der Waals surface area (Å²) in [6, 6.07) is 1.84. The van der Waals surface area contributed by atoms with Gasteiger partial charge in [0.05, 0.1) is 11.4 Å². The van der Waals surface area contributed by atoms with Crippen LogP contribution in [0.15, 0.2) is 12.1 Å². The van der Waals surface area contributed by atoms with Crippen LogP contribution in [0.2, 0.25) is 0 Å². The van der Waals surface area contributed by atoms with Gasteiger partial charge in [-0.2, -0.15) is 0 Å². The lowest BCUT2D eigenvalue weighted by Gasteiger charge is -2.10. The number of anilines is 1. The van der Waals surface area contributed by atoms with Gasteiger partial charge in [0.2, 0.25) is 10.0 Å². The number of benzene rings is 1. The Morgan fingerprint density at radius 1 is 1.10 bits per heavy atom. The van der Waals surface area contributed by atoms with E-state index in [4.69, 9.17) is 0 Å². The predicted octanol–water partition coefficient (Wildman–Crippen LogP) is 2.79. The largest absolute Gasteiger partial charge is 0.317 e. The predicted molar refractivity (Wildman–Crippen MR) is 80.9 cm³/mol. The molecule has 0 aliphatic carbocycles. The second kappa shape index (κ2) is 8.29. The van der Waals surface area contributed by atoms with E-state index in [1.807, 2.05) is 0 Å². The van der Waals surface area contributed by atoms with Crippen LogP contribution in [0.3, 0.4) is 0 Å². The molecule has 0 aliphatic rings. The van der Waals surface area contributed by atoms with Crippen LogP contribution in [0.4, 0.5) is 14.5 Å². The molecule has 7 heteroatoms. The Morgan fingerprint density at radius 2 is 1.81 bits per heavy atom. The Bertz CT molecular complexity index is 562. The first kappa shape index (κ1) is 17.8. The lowest BCUT2D eigenvalue weighted by molar-refractivity contribution is 0.585. The monoisotopic (exact) mass is 320 g/mol. The molecule has 0 aromatic heterocycles. The molecule has 0 amide bonds. The lowest BCUT2D eigenvalue weighted by atomic mass is 10.2. The number of unbranched alkanes of at least 4 members (excludes halogenated alkanes) is 1. The van der Waals surface area contributed by atoms with Gasteiger partial charge in [0.25, 0.3) is 0 Å². The van der Waals surface area contributed by atoms with Crippen molar-refractivity contribution in [1.29, 1.82) is 0 Å². The molecule has 21 heavy (non-hydrogen) atoms. The molecule has 4 nitrogen and oxygen atoms in total. The van der Waals surface area contributed by atoms with E-state index in [0.717, 1.165) is 31.6 Å². The highest BCUT2D eigenvalue weighted by Gasteiger charge is 2.14. The first-order valence-electron chi connectivity index (χ1n) is 7.02. The number of aryl methyl sites for hydroxylation is 1. The fraction of sp³-hybridized carbons (Fsp3) is 0.571. The number of nitrogens with one attached hydrogen (secondary N) is 2. The molecule has 0 bridgehead atoms. The van der Waals surface area contributed by atoms with E-state index < -0.39 is 21.7 Å². The minimum atomic E-state index is -3.66. The Hall–Kier alpha value is -1.21. The molecule has 0 radical (unpaired) electrons. The third-order valence-electron chi connectivity index (χ3n) is 2.96. The summed E-state index contributed by atoms with van der Waals surface area (Å²) in [6.07, 6.45) is 2.20. The van der Waals surface area contributed by atoms with Crippen LogP contribution in [0, 0.1) is 18.6 Å². The van der Waals surface area contributed by atoms with E-state index >= 15 is 0 Å². The van der Waals surface area contributed by atoms with Crippen LogP contribution in [-0.2, 0) is 10.0 Å². The number of halogens is 2. The average molecular weight is 320 g/mol. The van der Waals surface area contributed by atoms with E-state index in [0.29, 0.717) is 12.8 Å². The maximum absolute atomic E-state index is 13.6. The Balaban J connectivity index is 2.51. The van der Waals surface area contributed by atoms with Crippen molar-refractivity contribution in [3.8, 4) is 0 Å². The summed E-state index contributed by atoms with van der Waals surface area (Å²) in [5.41, 5.74) is -0.209. The number of hydrogen-bond donors (Lipinski definition) is 2. The first-order chi connectivity index (χ1) is 9.85. The summed E-state index contributed by atoms with van der Waals surface area (Å²) in [5.74, 6) is -1.53. The Labute approximate surface area is 125 Å². The van der Waals surface area contributed by atoms with Crippen molar-refractivity contribution in [2.75, 3.05) is 23.6 Å². The van der Waals surface area contributed by atoms with Gasteiger partial charge in [-0.1, -0.05) is 6.92 Å². The molecule has 0 heterocycles. The summed E-state index contributed by atoms with van der Waals surface area (Å²) >= 11 is 0. The molecule has 1 aromatic carbocycles. The van der Waals surface area contributed by atoms with Crippen LogP contribution in [0.25, 0.3) is 0 Å². The summed E-state index contributed by atoms with van der Waals surface area (Å²) in [5, 5.41) is 3.17. The van der Waals surface area contributed by atoms with Gasteiger partial charge in [-0.25, -0.2) is 17.2 Å². The topological polar surface area (TPSA) is 58.2 Å². The van der Waals surface area contributed by atoms with Crippen molar-refractivity contribution in [3.05, 3.63) is 29.3 Å². The zero-order valence-electron chi connectivity index (χ0n) is 12.4. The quantitative estimate of drug-likeness (QED) is 0.688. The number of hydrogen-bond acceptors (Lipinski definition) is 3. The van der Waals surface area contributed by atoms with E-state index in [2.05, 4.69) is 17.0 Å². The van der Waals surface area contributed by atoms with Crippen molar-refractivity contribution < 1.29 is 17.2 Å². The summed E-state index contributed by atoms with van der Waals surface area (Å²) < 4.78 is 52.7. The average Bonchev–Trinajstić information content (AvgIpc) is 2.40. The third-order valence-corrected chi connectivity index (χ3v) is 4.31. The van der Waals surface area contributed by atoms with Gasteiger partial charge in [-0.05, 0) is 50.9 Å². The zero-order chi connectivity index (χ0) is 15.9. The van der Waals surface area contributed by atoms with Gasteiger partial charge in [0, 0.05) is 6.07 Å². The molecular weight excluding hydrogens is 298 g/mol. The highest BCUT2D eigenvalue weighted by molar-refractivity contribution is 7.92. The van der Waals surface area contributed by atoms with Gasteiger partial charge in [-0.15, -0.1) is 0 Å². The van der Waals surface area contributed by atoms with Gasteiger partial charge in [-0.3, -0.25) is 4.72 Å². The van der Waals surface area contributed by atoms with E-state index in [1.54, 1.807) is 0 Å². The van der Waals surface area contributed by atoms with Gasteiger partial charge < -0.3 is 5.32 Å². The number of sulfonamides is 1. The second-order valence-electron chi connectivity index (χ2n) is 4.96. The molecule has 2 N–H and O–H groups in total. The summed E-state index contributed by atoms with van der Waals surface area (Å²) in [6.45, 7) is 5.12. The fourth-order valence-corrected chi connectivity index (χ4v) is 2.96. The van der Waals surface area contributed by atoms with Crippen LogP contribution in [0.1, 0.15) is 31.7 Å². The highest BCUT2D eigenvalue weighted by atomic mass is 32.2. The van der Waals surface area contributed by atoms with Crippen LogP contribution in [-0.4, -0.2) is 27.3 Å². The molecule has 0 unspecified atom stereocenters. The minimum Gasteiger partial charge on any atom is -0.317 e. The molecule has 0 aliphatic heterocycles. The van der Waals surface area contributed by atoms with E-state index in [1.165, 1.54) is 6.92 Å². The maximum Gasteiger partial charge on any atom is 0.232 e. The molecule has 0 atom stereocenters. The van der Waals surface area contributed by atoms with Gasteiger partial charge >= 0.3 is 0 Å². The van der Waals surface area contributed by atoms with Crippen molar-refractivity contribution in [3.63, 3.8) is 0 Å². The van der Waals surface area contributed by atoms with Crippen molar-refractivity contribution in [2.45, 2.75) is 33.1 Å². The van der Waals surface area contributed by atoms with E-state index in [9.17, 15) is 17.2 Å². The van der Waals surface area contributed by atoms with Crippen molar-refractivity contribution in [1.82, 2.24) is 5.32 Å². The summed E-state index contributed by atoms with van der Waals surface area (Å²) in [7, 11) is -3.66. The molecule has 0 spiro atoms. The minimum absolute atomic E-state index is 0.115. The molecule has 0 saturated heterocycles. The Kier molecular flexibility index (Phi) is 7.04. The standard InChI is InChI=1S/C14H22F2N2O2S/c1-3-6-17-7-4-5-8-21(19,20)18-14-10-12(15)11(2)9-13(14)16/h9-10,17-18H,3-8H2,1-2H3. The lowest BCUT2D eigenvalue weighted by Crippen LogP contribution is -2.20. The molecule has 0 fully saturated rings. The molecular formula is C14H22F2N2O2S. The number of rotatable bonds is 9. The van der Waals surface area contributed by atoms with Crippen LogP contribution < -0.4 is 10.0 Å². The molecule has 0 saturated carbocycles. The van der Waals surface area contributed by atoms with E-state index in [-0.39, 0.29) is 17.0 Å². The Morgan fingerprint density at radius 3 is 2.48 bits per heavy atom. The normalized spacial score (nSPS) is 11.6. The van der Waals surface area contributed by atoms with Crippen molar-refractivity contribution >= 4 is 15.7 Å². The third kappa shape index (κ3) is 6.39. The van der Waals surface area contributed by atoms with Crippen LogP contribution >= 0.6 is 0 Å². The zero-order valence-corrected chi connectivity index (χ0v) is 13.2. The van der Waals surface area contributed by atoms with Crippen LogP contribution in [0.5, 0.6) is 0 Å².